The molecule has 3 rings (SSSR count). The van der Waals surface area contributed by atoms with Crippen molar-refractivity contribution in [2.24, 2.45) is 0 Å². The standard InChI is InChI=1S/C26H30N2O5/c1-14(2)8-7-9-16(5)11-13-26-23(31)18-19(21(29)17(6)22(30)20(18)28-27)24(32)25(26,33-26)12-10-15(3)4/h8,10-11,29H,7,9,12-13H2,1-6H3/b16-11+/t25-,26+/m1/s1. The highest BCUT2D eigenvalue weighted by atomic mass is 16.6. The van der Waals surface area contributed by atoms with Crippen LogP contribution in [0.3, 0.4) is 0 Å². The summed E-state index contributed by atoms with van der Waals surface area (Å²) in [6, 6.07) is 0. The lowest BCUT2D eigenvalue weighted by Gasteiger charge is -2.27. The van der Waals surface area contributed by atoms with E-state index >= 15 is 0 Å². The van der Waals surface area contributed by atoms with E-state index in [-0.39, 0.29) is 29.6 Å². The molecule has 7 heteroatoms. The van der Waals surface area contributed by atoms with Crippen LogP contribution in [0, 0.1) is 0 Å². The maximum Gasteiger partial charge on any atom is 0.374 e. The van der Waals surface area contributed by atoms with Crippen molar-refractivity contribution >= 4 is 23.1 Å². The van der Waals surface area contributed by atoms with Crippen LogP contribution < -0.4 is 0 Å². The highest BCUT2D eigenvalue weighted by molar-refractivity contribution is 6.58. The smallest absolute Gasteiger partial charge is 0.374 e. The first-order valence-electron chi connectivity index (χ1n) is 11.1. The van der Waals surface area contributed by atoms with Crippen LogP contribution in [-0.4, -0.2) is 44.2 Å². The van der Waals surface area contributed by atoms with Crippen molar-refractivity contribution in [2.45, 2.75) is 78.4 Å². The van der Waals surface area contributed by atoms with Crippen LogP contribution >= 0.6 is 0 Å². The van der Waals surface area contributed by atoms with E-state index in [0.29, 0.717) is 0 Å². The number of aliphatic hydroxyl groups is 1. The van der Waals surface area contributed by atoms with Gasteiger partial charge in [0.2, 0.25) is 11.6 Å². The predicted molar refractivity (Wildman–Crippen MR) is 124 cm³/mol. The van der Waals surface area contributed by atoms with Gasteiger partial charge in [-0.15, -0.1) is 0 Å². The fraction of sp³-hybridized carbons (Fsp3) is 0.462. The fourth-order valence-electron chi connectivity index (χ4n) is 4.45. The quantitative estimate of drug-likeness (QED) is 0.202. The number of carbonyl (C=O) groups is 3. The van der Waals surface area contributed by atoms with Crippen molar-refractivity contribution in [2.75, 3.05) is 0 Å². The molecule has 0 bridgehead atoms. The summed E-state index contributed by atoms with van der Waals surface area (Å²) in [5.74, 6) is -2.55. The van der Waals surface area contributed by atoms with Crippen molar-refractivity contribution in [3.05, 3.63) is 63.0 Å². The third-order valence-corrected chi connectivity index (χ3v) is 6.51. The Morgan fingerprint density at radius 2 is 1.48 bits per heavy atom. The Hall–Kier alpha value is -3.15. The maximum absolute atomic E-state index is 13.7. The number of epoxide rings is 1. The summed E-state index contributed by atoms with van der Waals surface area (Å²) in [5, 5.41) is 10.6. The van der Waals surface area contributed by atoms with Crippen LogP contribution in [0.1, 0.15) is 67.2 Å². The topological polar surface area (TPSA) is 120 Å². The molecule has 3 aliphatic rings. The lowest BCUT2D eigenvalue weighted by molar-refractivity contribution is -0.125. The normalized spacial score (nSPS) is 26.7. The number of ether oxygens (including phenoxy) is 1. The number of aliphatic hydroxyl groups excluding tert-OH is 1. The first-order valence-corrected chi connectivity index (χ1v) is 11.1. The molecule has 0 amide bonds. The second kappa shape index (κ2) is 8.65. The Kier molecular flexibility index (Phi) is 6.42. The van der Waals surface area contributed by atoms with Gasteiger partial charge in [-0.1, -0.05) is 34.9 Å². The van der Waals surface area contributed by atoms with Gasteiger partial charge in [0.15, 0.2) is 11.2 Å². The Morgan fingerprint density at radius 3 is 2.03 bits per heavy atom. The van der Waals surface area contributed by atoms with Gasteiger partial charge in [-0.25, -0.2) is 0 Å². The summed E-state index contributed by atoms with van der Waals surface area (Å²) >= 11 is 0. The minimum Gasteiger partial charge on any atom is -0.507 e. The van der Waals surface area contributed by atoms with E-state index in [1.165, 1.54) is 12.5 Å². The molecule has 0 spiro atoms. The molecule has 1 fully saturated rings. The largest absolute Gasteiger partial charge is 0.507 e. The molecule has 2 aliphatic carbocycles. The van der Waals surface area contributed by atoms with Crippen LogP contribution in [-0.2, 0) is 19.1 Å². The minimum absolute atomic E-state index is 0.141. The van der Waals surface area contributed by atoms with E-state index in [4.69, 9.17) is 4.74 Å². The number of Topliss-reactive ketones (excluding diaryl/α,β-unsaturated/α-hetero) is 3. The van der Waals surface area contributed by atoms with Gasteiger partial charge < -0.3 is 15.4 Å². The lowest BCUT2D eigenvalue weighted by Crippen LogP contribution is -2.50. The molecule has 1 aliphatic heterocycles. The van der Waals surface area contributed by atoms with Gasteiger partial charge in [0.05, 0.1) is 5.57 Å². The summed E-state index contributed by atoms with van der Waals surface area (Å²) in [7, 11) is 0. The van der Waals surface area contributed by atoms with Crippen LogP contribution in [0.5, 0.6) is 0 Å². The summed E-state index contributed by atoms with van der Waals surface area (Å²) < 4.78 is 6.00. The number of fused-ring (bicyclic) bond motifs is 1. The Labute approximate surface area is 193 Å². The summed E-state index contributed by atoms with van der Waals surface area (Å²) in [6.07, 6.45) is 7.80. The molecule has 0 unspecified atom stereocenters. The zero-order valence-electron chi connectivity index (χ0n) is 20.0. The number of rotatable bonds is 7. The molecule has 1 saturated heterocycles. The molecule has 0 aromatic carbocycles. The van der Waals surface area contributed by atoms with Crippen molar-refractivity contribution in [3.8, 4) is 0 Å². The van der Waals surface area contributed by atoms with Gasteiger partial charge in [0.25, 0.3) is 5.78 Å². The molecule has 174 valence electrons. The second-order valence-corrected chi connectivity index (χ2v) is 9.48. The zero-order valence-corrected chi connectivity index (χ0v) is 20.0. The Balaban J connectivity index is 2.10. The zero-order chi connectivity index (χ0) is 24.7. The first-order chi connectivity index (χ1) is 15.4. The number of hydrogen-bond donors (Lipinski definition) is 1. The molecule has 33 heavy (non-hydrogen) atoms. The van der Waals surface area contributed by atoms with Gasteiger partial charge in [-0.05, 0) is 54.4 Å². The van der Waals surface area contributed by atoms with Crippen molar-refractivity contribution in [3.63, 3.8) is 0 Å². The van der Waals surface area contributed by atoms with E-state index in [9.17, 15) is 25.0 Å². The molecule has 7 nitrogen and oxygen atoms in total. The number of nitrogens with zero attached hydrogens (tertiary/aromatic N) is 2. The fourth-order valence-corrected chi connectivity index (χ4v) is 4.45. The van der Waals surface area contributed by atoms with Crippen LogP contribution in [0.2, 0.25) is 0 Å². The molecule has 1 heterocycles. The van der Waals surface area contributed by atoms with E-state index in [1.54, 1.807) is 0 Å². The summed E-state index contributed by atoms with van der Waals surface area (Å²) in [5.41, 5.74) is 8.39. The lowest BCUT2D eigenvalue weighted by atomic mass is 9.67. The maximum atomic E-state index is 13.7. The second-order valence-electron chi connectivity index (χ2n) is 9.48. The molecule has 0 saturated carbocycles. The SMILES string of the molecule is CC(C)=CCC/C(C)=C/C[C@@]12O[C@]1(CC=C(C)C)C(=O)C1=C(C2=O)C(=[N+]=[N-])C(=O)C(C)=C1O. The molecule has 0 radical (unpaired) electrons. The van der Waals surface area contributed by atoms with Crippen LogP contribution in [0.4, 0.5) is 0 Å². The van der Waals surface area contributed by atoms with Crippen molar-refractivity contribution in [1.82, 2.24) is 0 Å². The van der Waals surface area contributed by atoms with Gasteiger partial charge in [0.1, 0.15) is 11.3 Å². The summed E-state index contributed by atoms with van der Waals surface area (Å²) in [4.78, 5) is 43.0. The van der Waals surface area contributed by atoms with E-state index in [0.717, 1.165) is 24.0 Å². The number of allylic oxidation sites excluding steroid dienone is 6. The van der Waals surface area contributed by atoms with E-state index in [2.05, 4.69) is 10.9 Å². The van der Waals surface area contributed by atoms with Gasteiger partial charge in [0, 0.05) is 18.4 Å². The Morgan fingerprint density at radius 1 is 0.939 bits per heavy atom. The van der Waals surface area contributed by atoms with Crippen LogP contribution in [0.25, 0.3) is 5.53 Å². The summed E-state index contributed by atoms with van der Waals surface area (Å²) in [6.45, 7) is 11.1. The van der Waals surface area contributed by atoms with Crippen LogP contribution in [0.15, 0.2) is 57.4 Å². The Bertz CT molecular complexity index is 1160. The molecule has 2 atom stereocenters. The molecule has 0 aromatic rings. The molecular weight excluding hydrogens is 420 g/mol. The van der Waals surface area contributed by atoms with Crippen molar-refractivity contribution < 1.29 is 29.0 Å². The highest BCUT2D eigenvalue weighted by Crippen LogP contribution is 2.60. The number of ketones is 3. The highest BCUT2D eigenvalue weighted by Gasteiger charge is 2.81. The molecule has 0 aromatic heterocycles. The predicted octanol–water partition coefficient (Wildman–Crippen LogP) is 4.47. The van der Waals surface area contributed by atoms with E-state index in [1.807, 2.05) is 46.8 Å². The number of hydrogen-bond acceptors (Lipinski definition) is 5. The van der Waals surface area contributed by atoms with Gasteiger partial charge >= 0.3 is 5.71 Å². The average molecular weight is 451 g/mol. The molecule has 1 N–H and O–H groups in total. The van der Waals surface area contributed by atoms with Crippen molar-refractivity contribution in [1.29, 1.82) is 0 Å². The molecular formula is C26H30N2O5. The average Bonchev–Trinajstić information content (AvgIpc) is 3.44. The van der Waals surface area contributed by atoms with Gasteiger partial charge in [-0.2, -0.15) is 4.79 Å². The van der Waals surface area contributed by atoms with Gasteiger partial charge in [-0.3, -0.25) is 14.4 Å². The number of carbonyl (C=O) groups excluding carboxylic acids is 3. The first kappa shape index (κ1) is 24.5. The minimum atomic E-state index is -1.51. The third-order valence-electron chi connectivity index (χ3n) is 6.51. The van der Waals surface area contributed by atoms with E-state index < -0.39 is 40.0 Å². The monoisotopic (exact) mass is 450 g/mol. The third kappa shape index (κ3) is 3.81.